The first-order valence-corrected chi connectivity index (χ1v) is 11.9. The predicted molar refractivity (Wildman–Crippen MR) is 131 cm³/mol. The van der Waals surface area contributed by atoms with Gasteiger partial charge in [-0.25, -0.2) is 4.39 Å². The van der Waals surface area contributed by atoms with Gasteiger partial charge in [-0.2, -0.15) is 0 Å². The smallest absolute Gasteiger partial charge is 0.234 e. The van der Waals surface area contributed by atoms with E-state index in [1.54, 1.807) is 17.6 Å². The molecule has 0 radical (unpaired) electrons. The van der Waals surface area contributed by atoms with Crippen LogP contribution in [0.5, 0.6) is 5.75 Å². The van der Waals surface area contributed by atoms with E-state index in [2.05, 4.69) is 22.1 Å². The van der Waals surface area contributed by atoms with Gasteiger partial charge in [-0.3, -0.25) is 9.36 Å². The molecule has 3 rings (SSSR count). The maximum Gasteiger partial charge on any atom is 0.234 e. The van der Waals surface area contributed by atoms with Crippen molar-refractivity contribution in [3.63, 3.8) is 0 Å². The molecular formula is C21H17Cl4FN4O2S. The summed E-state index contributed by atoms with van der Waals surface area (Å²) in [5, 5.41) is 12.5. The third-order valence-electron chi connectivity index (χ3n) is 4.23. The standard InChI is InChI=1S/C21H17Cl4FN4O2S/c1-3-6-30-20(11(2)32-18-5-4-12(26)7-16(18)25)28-29-21(30)33-10-19(31)27-17-9-14(23)13(22)8-15(17)24/h3-5,7-9,11H,1,6,10H2,2H3,(H,27,31). The maximum atomic E-state index is 13.3. The van der Waals surface area contributed by atoms with Crippen molar-refractivity contribution in [2.45, 2.75) is 24.7 Å². The van der Waals surface area contributed by atoms with Crippen molar-refractivity contribution in [1.29, 1.82) is 0 Å². The molecule has 0 aliphatic rings. The number of amides is 1. The van der Waals surface area contributed by atoms with E-state index in [0.29, 0.717) is 29.0 Å². The first-order chi connectivity index (χ1) is 15.7. The van der Waals surface area contributed by atoms with E-state index in [-0.39, 0.29) is 31.8 Å². The molecule has 33 heavy (non-hydrogen) atoms. The number of nitrogens with zero attached hydrogens (tertiary/aromatic N) is 3. The van der Waals surface area contributed by atoms with Crippen LogP contribution in [-0.4, -0.2) is 26.4 Å². The molecule has 0 bridgehead atoms. The molecule has 0 aliphatic heterocycles. The highest BCUT2D eigenvalue weighted by atomic mass is 35.5. The molecule has 1 amide bonds. The van der Waals surface area contributed by atoms with Crippen LogP contribution in [0.4, 0.5) is 10.1 Å². The van der Waals surface area contributed by atoms with Crippen molar-refractivity contribution >= 4 is 69.8 Å². The monoisotopic (exact) mass is 548 g/mol. The summed E-state index contributed by atoms with van der Waals surface area (Å²) in [5.41, 5.74) is 0.350. The molecule has 1 atom stereocenters. The molecule has 0 aliphatic carbocycles. The zero-order valence-corrected chi connectivity index (χ0v) is 21.0. The molecule has 3 aromatic rings. The minimum Gasteiger partial charge on any atom is -0.481 e. The van der Waals surface area contributed by atoms with Gasteiger partial charge in [0.2, 0.25) is 5.91 Å². The number of allylic oxidation sites excluding steroid dienone is 1. The Labute approximate surface area is 214 Å². The van der Waals surface area contributed by atoms with Crippen molar-refractivity contribution in [1.82, 2.24) is 14.8 Å². The fraction of sp³-hybridized carbons (Fsp3) is 0.190. The van der Waals surface area contributed by atoms with E-state index in [1.807, 2.05) is 0 Å². The number of ether oxygens (including phenoxy) is 1. The van der Waals surface area contributed by atoms with Crippen molar-refractivity contribution in [3.8, 4) is 5.75 Å². The summed E-state index contributed by atoms with van der Waals surface area (Å²) in [7, 11) is 0. The van der Waals surface area contributed by atoms with E-state index in [1.165, 1.54) is 36.0 Å². The third kappa shape index (κ3) is 6.55. The zero-order chi connectivity index (χ0) is 24.1. The molecule has 0 fully saturated rings. The number of carbonyl (C=O) groups is 1. The van der Waals surface area contributed by atoms with Crippen molar-refractivity contribution in [2.24, 2.45) is 0 Å². The van der Waals surface area contributed by atoms with Crippen molar-refractivity contribution < 1.29 is 13.9 Å². The summed E-state index contributed by atoms with van der Waals surface area (Å²) in [4.78, 5) is 12.4. The molecular weight excluding hydrogens is 533 g/mol. The molecule has 12 heteroatoms. The summed E-state index contributed by atoms with van der Waals surface area (Å²) >= 11 is 25.2. The highest BCUT2D eigenvalue weighted by molar-refractivity contribution is 7.99. The lowest BCUT2D eigenvalue weighted by Gasteiger charge is -2.16. The molecule has 0 saturated carbocycles. The van der Waals surface area contributed by atoms with Crippen LogP contribution in [0.15, 0.2) is 48.1 Å². The van der Waals surface area contributed by atoms with E-state index < -0.39 is 11.9 Å². The fourth-order valence-corrected chi connectivity index (χ4v) is 4.32. The predicted octanol–water partition coefficient (Wildman–Crippen LogP) is 7.09. The quantitative estimate of drug-likeness (QED) is 0.175. The van der Waals surface area contributed by atoms with Crippen molar-refractivity contribution in [3.05, 3.63) is 74.7 Å². The SMILES string of the molecule is C=CCn1c(SCC(=O)Nc2cc(Cl)c(Cl)cc2Cl)nnc1C(C)Oc1ccc(F)cc1Cl. The normalized spacial score (nSPS) is 11.8. The van der Waals surface area contributed by atoms with Gasteiger partial charge in [0.15, 0.2) is 17.1 Å². The summed E-state index contributed by atoms with van der Waals surface area (Å²) in [5.74, 6) is 0.0492. The van der Waals surface area contributed by atoms with Gasteiger partial charge in [-0.05, 0) is 37.3 Å². The third-order valence-corrected chi connectivity index (χ3v) is 6.53. The first kappa shape index (κ1) is 25.6. The number of aromatic nitrogens is 3. The Balaban J connectivity index is 1.70. The Hall–Kier alpha value is -1.97. The molecule has 6 nitrogen and oxygen atoms in total. The Morgan fingerprint density at radius 3 is 2.61 bits per heavy atom. The van der Waals surface area contributed by atoms with Crippen LogP contribution < -0.4 is 10.1 Å². The molecule has 0 spiro atoms. The minimum absolute atomic E-state index is 0.0326. The van der Waals surface area contributed by atoms with Gasteiger partial charge in [0.25, 0.3) is 0 Å². The van der Waals surface area contributed by atoms with E-state index >= 15 is 0 Å². The molecule has 1 unspecified atom stereocenters. The second-order valence-electron chi connectivity index (χ2n) is 6.66. The van der Waals surface area contributed by atoms with Crippen molar-refractivity contribution in [2.75, 3.05) is 11.1 Å². The molecule has 1 N–H and O–H groups in total. The van der Waals surface area contributed by atoms with Crippen LogP contribution in [-0.2, 0) is 11.3 Å². The molecule has 1 aromatic heterocycles. The van der Waals surface area contributed by atoms with Crippen LogP contribution in [0.2, 0.25) is 20.1 Å². The van der Waals surface area contributed by atoms with E-state index in [0.717, 1.165) is 6.07 Å². The average Bonchev–Trinajstić information content (AvgIpc) is 3.15. The Morgan fingerprint density at radius 2 is 1.91 bits per heavy atom. The van der Waals surface area contributed by atoms with Gasteiger partial charge in [-0.15, -0.1) is 16.8 Å². The average molecular weight is 550 g/mol. The minimum atomic E-state index is -0.557. The number of thioether (sulfide) groups is 1. The fourth-order valence-electron chi connectivity index (χ4n) is 2.76. The number of halogens is 5. The summed E-state index contributed by atoms with van der Waals surface area (Å²) in [6.07, 6.45) is 1.11. The highest BCUT2D eigenvalue weighted by Gasteiger charge is 2.21. The van der Waals surface area contributed by atoms with Gasteiger partial charge in [0.05, 0.1) is 31.5 Å². The number of hydrogen-bond donors (Lipinski definition) is 1. The summed E-state index contributed by atoms with van der Waals surface area (Å²) in [6, 6.07) is 6.79. The number of carbonyl (C=O) groups excluding carboxylic acids is 1. The lowest BCUT2D eigenvalue weighted by molar-refractivity contribution is -0.113. The maximum absolute atomic E-state index is 13.3. The molecule has 0 saturated heterocycles. The number of anilines is 1. The first-order valence-electron chi connectivity index (χ1n) is 9.42. The second kappa shape index (κ2) is 11.4. The van der Waals surface area contributed by atoms with Gasteiger partial charge >= 0.3 is 0 Å². The summed E-state index contributed by atoms with van der Waals surface area (Å²) in [6.45, 7) is 5.90. The largest absolute Gasteiger partial charge is 0.481 e. The number of benzene rings is 2. The van der Waals surface area contributed by atoms with Gasteiger partial charge in [-0.1, -0.05) is 64.2 Å². The second-order valence-corrected chi connectivity index (χ2v) is 9.23. The lowest BCUT2D eigenvalue weighted by Crippen LogP contribution is -2.16. The van der Waals surface area contributed by atoms with Crippen LogP contribution in [0.3, 0.4) is 0 Å². The Kier molecular flexibility index (Phi) is 8.89. The molecule has 2 aromatic carbocycles. The molecule has 1 heterocycles. The van der Waals surface area contributed by atoms with E-state index in [9.17, 15) is 9.18 Å². The highest BCUT2D eigenvalue weighted by Crippen LogP contribution is 2.33. The summed E-state index contributed by atoms with van der Waals surface area (Å²) < 4.78 is 20.9. The van der Waals surface area contributed by atoms with Gasteiger partial charge in [0.1, 0.15) is 11.6 Å². The number of hydrogen-bond acceptors (Lipinski definition) is 5. The lowest BCUT2D eigenvalue weighted by atomic mass is 10.3. The van der Waals surface area contributed by atoms with Gasteiger partial charge in [0, 0.05) is 6.54 Å². The van der Waals surface area contributed by atoms with Crippen LogP contribution >= 0.6 is 58.2 Å². The molecule has 174 valence electrons. The van der Waals surface area contributed by atoms with Crippen LogP contribution in [0, 0.1) is 5.82 Å². The number of rotatable bonds is 9. The van der Waals surface area contributed by atoms with Crippen LogP contribution in [0.1, 0.15) is 18.9 Å². The van der Waals surface area contributed by atoms with E-state index in [4.69, 9.17) is 51.1 Å². The topological polar surface area (TPSA) is 69.0 Å². The zero-order valence-electron chi connectivity index (χ0n) is 17.1. The van der Waals surface area contributed by atoms with Crippen LogP contribution in [0.25, 0.3) is 0 Å². The number of nitrogens with one attached hydrogen (secondary N) is 1. The van der Waals surface area contributed by atoms with Gasteiger partial charge < -0.3 is 10.1 Å². The Bertz CT molecular complexity index is 1190. The Morgan fingerprint density at radius 1 is 1.18 bits per heavy atom.